The van der Waals surface area contributed by atoms with Gasteiger partial charge in [0, 0.05) is 13.1 Å². The molecular formula is C20H25N3O3. The molecule has 4 N–H and O–H groups in total. The number of amides is 2. The molecule has 0 aromatic heterocycles. The SMILES string of the molecule is Cc1ccc(C)c(OCCC(=O)Nc2ccccc2C(=O)NCCN)c1. The number of nitrogens with two attached hydrogens (primary N) is 1. The Morgan fingerprint density at radius 3 is 2.65 bits per heavy atom. The Kier molecular flexibility index (Phi) is 7.17. The molecule has 2 rings (SSSR count). The zero-order valence-electron chi connectivity index (χ0n) is 15.2. The minimum Gasteiger partial charge on any atom is -0.493 e. The lowest BCUT2D eigenvalue weighted by molar-refractivity contribution is -0.116. The molecule has 0 fully saturated rings. The first-order valence-electron chi connectivity index (χ1n) is 8.58. The first-order chi connectivity index (χ1) is 12.5. The highest BCUT2D eigenvalue weighted by atomic mass is 16.5. The molecule has 0 saturated carbocycles. The van der Waals surface area contributed by atoms with Crippen LogP contribution in [0.5, 0.6) is 5.75 Å². The van der Waals surface area contributed by atoms with Crippen LogP contribution < -0.4 is 21.1 Å². The van der Waals surface area contributed by atoms with Crippen LogP contribution >= 0.6 is 0 Å². The monoisotopic (exact) mass is 355 g/mol. The maximum atomic E-state index is 12.2. The van der Waals surface area contributed by atoms with E-state index >= 15 is 0 Å². The smallest absolute Gasteiger partial charge is 0.253 e. The number of carbonyl (C=O) groups is 2. The summed E-state index contributed by atoms with van der Waals surface area (Å²) in [7, 11) is 0. The van der Waals surface area contributed by atoms with Gasteiger partial charge in [0.15, 0.2) is 0 Å². The van der Waals surface area contributed by atoms with Crippen LogP contribution in [-0.4, -0.2) is 31.5 Å². The topological polar surface area (TPSA) is 93.4 Å². The van der Waals surface area contributed by atoms with E-state index in [0.717, 1.165) is 16.9 Å². The van der Waals surface area contributed by atoms with Crippen molar-refractivity contribution in [2.75, 3.05) is 25.0 Å². The van der Waals surface area contributed by atoms with Gasteiger partial charge < -0.3 is 21.1 Å². The molecule has 0 aliphatic heterocycles. The highest BCUT2D eigenvalue weighted by molar-refractivity contribution is 6.03. The summed E-state index contributed by atoms with van der Waals surface area (Å²) in [6, 6.07) is 12.8. The lowest BCUT2D eigenvalue weighted by Crippen LogP contribution is -2.30. The zero-order valence-corrected chi connectivity index (χ0v) is 15.2. The maximum absolute atomic E-state index is 12.2. The highest BCUT2D eigenvalue weighted by Crippen LogP contribution is 2.19. The third-order valence-electron chi connectivity index (χ3n) is 3.81. The summed E-state index contributed by atoms with van der Waals surface area (Å²) in [4.78, 5) is 24.3. The van der Waals surface area contributed by atoms with E-state index in [0.29, 0.717) is 24.3 Å². The molecule has 2 amide bonds. The molecule has 6 nitrogen and oxygen atoms in total. The van der Waals surface area contributed by atoms with Gasteiger partial charge in [-0.1, -0.05) is 24.3 Å². The molecule has 2 aromatic carbocycles. The van der Waals surface area contributed by atoms with Crippen molar-refractivity contribution in [1.29, 1.82) is 0 Å². The molecular weight excluding hydrogens is 330 g/mol. The number of hydrogen-bond donors (Lipinski definition) is 3. The number of carbonyl (C=O) groups excluding carboxylic acids is 2. The van der Waals surface area contributed by atoms with Gasteiger partial charge in [0.2, 0.25) is 5.91 Å². The third-order valence-corrected chi connectivity index (χ3v) is 3.81. The molecule has 2 aromatic rings. The number of benzene rings is 2. The van der Waals surface area contributed by atoms with Gasteiger partial charge in [0.1, 0.15) is 5.75 Å². The third kappa shape index (κ3) is 5.60. The van der Waals surface area contributed by atoms with Crippen molar-refractivity contribution in [3.63, 3.8) is 0 Å². The number of anilines is 1. The van der Waals surface area contributed by atoms with Crippen molar-refractivity contribution in [3.8, 4) is 5.75 Å². The van der Waals surface area contributed by atoms with Gasteiger partial charge in [-0.15, -0.1) is 0 Å². The van der Waals surface area contributed by atoms with E-state index < -0.39 is 0 Å². The molecule has 138 valence electrons. The fourth-order valence-electron chi connectivity index (χ4n) is 2.40. The molecule has 0 radical (unpaired) electrons. The van der Waals surface area contributed by atoms with Crippen molar-refractivity contribution in [3.05, 3.63) is 59.2 Å². The maximum Gasteiger partial charge on any atom is 0.253 e. The fourth-order valence-corrected chi connectivity index (χ4v) is 2.40. The van der Waals surface area contributed by atoms with Crippen molar-refractivity contribution < 1.29 is 14.3 Å². The van der Waals surface area contributed by atoms with Gasteiger partial charge in [-0.2, -0.15) is 0 Å². The van der Waals surface area contributed by atoms with E-state index in [1.807, 2.05) is 32.0 Å². The van der Waals surface area contributed by atoms with E-state index in [1.165, 1.54) is 0 Å². The summed E-state index contributed by atoms with van der Waals surface area (Å²) in [6.07, 6.45) is 0.187. The molecule has 0 aliphatic carbocycles. The Hall–Kier alpha value is -2.86. The van der Waals surface area contributed by atoms with Crippen molar-refractivity contribution in [2.45, 2.75) is 20.3 Å². The van der Waals surface area contributed by atoms with E-state index in [1.54, 1.807) is 24.3 Å². The lowest BCUT2D eigenvalue weighted by Gasteiger charge is -2.12. The number of ether oxygens (including phenoxy) is 1. The summed E-state index contributed by atoms with van der Waals surface area (Å²) < 4.78 is 5.70. The minimum absolute atomic E-state index is 0.187. The average molecular weight is 355 g/mol. The molecule has 0 aliphatic rings. The Bertz CT molecular complexity index is 775. The Balaban J connectivity index is 1.92. The number of rotatable bonds is 8. The Morgan fingerprint density at radius 1 is 1.12 bits per heavy atom. The summed E-state index contributed by atoms with van der Waals surface area (Å²) in [5, 5.41) is 5.47. The average Bonchev–Trinajstić information content (AvgIpc) is 2.63. The van der Waals surface area contributed by atoms with E-state index in [-0.39, 0.29) is 24.8 Å². The van der Waals surface area contributed by atoms with Crippen molar-refractivity contribution >= 4 is 17.5 Å². The van der Waals surface area contributed by atoms with Gasteiger partial charge in [0.05, 0.1) is 24.3 Å². The van der Waals surface area contributed by atoms with E-state index in [2.05, 4.69) is 10.6 Å². The standard InChI is InChI=1S/C20H25N3O3/c1-14-7-8-15(2)18(13-14)26-12-9-19(24)23-17-6-4-3-5-16(17)20(25)22-11-10-21/h3-8,13H,9-12,21H2,1-2H3,(H,22,25)(H,23,24). The van der Waals surface area contributed by atoms with Gasteiger partial charge in [-0.05, 0) is 43.2 Å². The first kappa shape index (κ1) is 19.5. The molecule has 0 bridgehead atoms. The second-order valence-corrected chi connectivity index (χ2v) is 6.01. The van der Waals surface area contributed by atoms with Crippen LogP contribution in [0, 0.1) is 13.8 Å². The van der Waals surface area contributed by atoms with Gasteiger partial charge >= 0.3 is 0 Å². The predicted molar refractivity (Wildman–Crippen MR) is 102 cm³/mol. The molecule has 0 heterocycles. The second-order valence-electron chi connectivity index (χ2n) is 6.01. The van der Waals surface area contributed by atoms with Crippen LogP contribution in [0.3, 0.4) is 0 Å². The Labute approximate surface area is 153 Å². The molecule has 0 unspecified atom stereocenters. The Morgan fingerprint density at radius 2 is 1.88 bits per heavy atom. The fraction of sp³-hybridized carbons (Fsp3) is 0.300. The van der Waals surface area contributed by atoms with Crippen LogP contribution in [0.4, 0.5) is 5.69 Å². The van der Waals surface area contributed by atoms with Gasteiger partial charge in [-0.3, -0.25) is 9.59 Å². The summed E-state index contributed by atoms with van der Waals surface area (Å²) in [6.45, 7) is 4.95. The number of hydrogen-bond acceptors (Lipinski definition) is 4. The first-order valence-corrected chi connectivity index (χ1v) is 8.58. The van der Waals surface area contributed by atoms with Crippen LogP contribution in [-0.2, 0) is 4.79 Å². The van der Waals surface area contributed by atoms with Crippen LogP contribution in [0.2, 0.25) is 0 Å². The number of aryl methyl sites for hydroxylation is 2. The van der Waals surface area contributed by atoms with Crippen molar-refractivity contribution in [2.24, 2.45) is 5.73 Å². The molecule has 0 spiro atoms. The largest absolute Gasteiger partial charge is 0.493 e. The lowest BCUT2D eigenvalue weighted by atomic mass is 10.1. The molecule has 6 heteroatoms. The van der Waals surface area contributed by atoms with Gasteiger partial charge in [-0.25, -0.2) is 0 Å². The normalized spacial score (nSPS) is 10.3. The van der Waals surface area contributed by atoms with E-state index in [4.69, 9.17) is 10.5 Å². The molecule has 26 heavy (non-hydrogen) atoms. The minimum atomic E-state index is -0.266. The number of para-hydroxylation sites is 1. The van der Waals surface area contributed by atoms with Crippen LogP contribution in [0.25, 0.3) is 0 Å². The van der Waals surface area contributed by atoms with Crippen LogP contribution in [0.1, 0.15) is 27.9 Å². The summed E-state index contributed by atoms with van der Waals surface area (Å²) >= 11 is 0. The summed E-state index contributed by atoms with van der Waals surface area (Å²) in [5.74, 6) is 0.298. The van der Waals surface area contributed by atoms with E-state index in [9.17, 15) is 9.59 Å². The molecule has 0 atom stereocenters. The predicted octanol–water partition coefficient (Wildman–Crippen LogP) is 2.40. The molecule has 0 saturated heterocycles. The van der Waals surface area contributed by atoms with Crippen molar-refractivity contribution in [1.82, 2.24) is 5.32 Å². The van der Waals surface area contributed by atoms with Crippen LogP contribution in [0.15, 0.2) is 42.5 Å². The van der Waals surface area contributed by atoms with Gasteiger partial charge in [0.25, 0.3) is 5.91 Å². The zero-order chi connectivity index (χ0) is 18.9. The number of nitrogens with one attached hydrogen (secondary N) is 2. The highest BCUT2D eigenvalue weighted by Gasteiger charge is 2.12. The second kappa shape index (κ2) is 9.58. The quantitative estimate of drug-likeness (QED) is 0.678. The summed E-state index contributed by atoms with van der Waals surface area (Å²) in [5.41, 5.74) is 8.41.